The van der Waals surface area contributed by atoms with Crippen LogP contribution >= 0.6 is 0 Å². The molecule has 0 saturated carbocycles. The Kier molecular flexibility index (Phi) is 4.14. The summed E-state index contributed by atoms with van der Waals surface area (Å²) in [6.07, 6.45) is 1.67. The lowest BCUT2D eigenvalue weighted by Gasteiger charge is -2.15. The van der Waals surface area contributed by atoms with Crippen LogP contribution in [0.2, 0.25) is 0 Å². The number of nitrogens with zero attached hydrogens (tertiary/aromatic N) is 2. The molecule has 1 saturated heterocycles. The lowest BCUT2D eigenvalue weighted by atomic mass is 10.2. The average Bonchev–Trinajstić information content (AvgIpc) is 2.99. The van der Waals surface area contributed by atoms with E-state index in [2.05, 4.69) is 15.4 Å². The molecule has 0 bridgehead atoms. The van der Waals surface area contributed by atoms with E-state index in [0.717, 1.165) is 19.6 Å². The van der Waals surface area contributed by atoms with Crippen molar-refractivity contribution in [2.75, 3.05) is 26.2 Å². The predicted octanol–water partition coefficient (Wildman–Crippen LogP) is -0.572. The summed E-state index contributed by atoms with van der Waals surface area (Å²) in [5.74, 6) is -1.43. The second-order valence-electron chi connectivity index (χ2n) is 4.48. The van der Waals surface area contributed by atoms with Crippen LogP contribution in [0.3, 0.4) is 0 Å². The zero-order chi connectivity index (χ0) is 13.0. The maximum atomic E-state index is 11.7. The van der Waals surface area contributed by atoms with Gasteiger partial charge >= 0.3 is 5.97 Å². The molecule has 100 valence electrons. The van der Waals surface area contributed by atoms with Crippen molar-refractivity contribution in [2.24, 2.45) is 5.16 Å². The van der Waals surface area contributed by atoms with Gasteiger partial charge in [-0.3, -0.25) is 4.79 Å². The number of rotatable bonds is 5. The van der Waals surface area contributed by atoms with E-state index in [4.69, 9.17) is 9.94 Å². The normalized spacial score (nSPS) is 23.6. The minimum atomic E-state index is -1.14. The average molecular weight is 255 g/mol. The van der Waals surface area contributed by atoms with Crippen LogP contribution in [0, 0.1) is 0 Å². The molecule has 2 heterocycles. The molecular formula is C11H17N3O4. The van der Waals surface area contributed by atoms with Gasteiger partial charge in [-0.15, -0.1) is 0 Å². The molecule has 0 aromatic carbocycles. The van der Waals surface area contributed by atoms with Crippen molar-refractivity contribution in [1.29, 1.82) is 0 Å². The first-order chi connectivity index (χ1) is 8.66. The van der Waals surface area contributed by atoms with E-state index in [9.17, 15) is 9.59 Å². The molecule has 18 heavy (non-hydrogen) atoms. The number of carboxylic acids is 1. The molecule has 1 amide bonds. The van der Waals surface area contributed by atoms with Crippen molar-refractivity contribution in [3.8, 4) is 0 Å². The highest BCUT2D eigenvalue weighted by molar-refractivity contribution is 6.36. The van der Waals surface area contributed by atoms with Gasteiger partial charge in [-0.2, -0.15) is 0 Å². The van der Waals surface area contributed by atoms with Crippen LogP contribution in [0.25, 0.3) is 0 Å². The molecule has 2 rings (SSSR count). The molecule has 0 radical (unpaired) electrons. The second kappa shape index (κ2) is 5.81. The number of aliphatic carboxylic acids is 1. The summed E-state index contributed by atoms with van der Waals surface area (Å²) in [6.45, 7) is 3.55. The Labute approximate surface area is 105 Å². The summed E-state index contributed by atoms with van der Waals surface area (Å²) in [4.78, 5) is 29.4. The van der Waals surface area contributed by atoms with Crippen LogP contribution in [0.1, 0.15) is 19.3 Å². The molecule has 1 unspecified atom stereocenters. The van der Waals surface area contributed by atoms with E-state index < -0.39 is 12.1 Å². The molecule has 7 nitrogen and oxygen atoms in total. The minimum absolute atomic E-state index is 0.0326. The van der Waals surface area contributed by atoms with Crippen LogP contribution in [0.5, 0.6) is 0 Å². The first kappa shape index (κ1) is 12.8. The zero-order valence-corrected chi connectivity index (χ0v) is 10.1. The fourth-order valence-corrected chi connectivity index (χ4v) is 2.10. The molecule has 1 fully saturated rings. The number of carbonyl (C=O) groups is 2. The summed E-state index contributed by atoms with van der Waals surface area (Å²) in [5, 5.41) is 14.8. The molecule has 0 aromatic rings. The van der Waals surface area contributed by atoms with Gasteiger partial charge in [0.25, 0.3) is 5.91 Å². The first-order valence-corrected chi connectivity index (χ1v) is 6.13. The van der Waals surface area contributed by atoms with Crippen LogP contribution in [0.15, 0.2) is 5.16 Å². The fraction of sp³-hybridized carbons (Fsp3) is 0.727. The smallest absolute Gasteiger partial charge is 0.353 e. The fourth-order valence-electron chi connectivity index (χ4n) is 2.10. The number of amides is 1. The third-order valence-electron chi connectivity index (χ3n) is 3.13. The van der Waals surface area contributed by atoms with Gasteiger partial charge in [0.15, 0.2) is 5.71 Å². The van der Waals surface area contributed by atoms with Crippen LogP contribution < -0.4 is 5.32 Å². The van der Waals surface area contributed by atoms with Crippen molar-refractivity contribution < 1.29 is 19.5 Å². The Morgan fingerprint density at radius 3 is 2.78 bits per heavy atom. The maximum absolute atomic E-state index is 11.7. The molecular weight excluding hydrogens is 238 g/mol. The Morgan fingerprint density at radius 1 is 1.44 bits per heavy atom. The summed E-state index contributed by atoms with van der Waals surface area (Å²) >= 11 is 0. The van der Waals surface area contributed by atoms with Gasteiger partial charge < -0.3 is 20.2 Å². The summed E-state index contributed by atoms with van der Waals surface area (Å²) in [6, 6.07) is 0. The number of hydrogen-bond acceptors (Lipinski definition) is 5. The zero-order valence-electron chi connectivity index (χ0n) is 10.1. The number of oxime groups is 1. The van der Waals surface area contributed by atoms with E-state index in [0.29, 0.717) is 6.54 Å². The SMILES string of the molecule is O=C(O)C1=NOC(C(=O)NCCN2CCCC2)C1. The molecule has 0 aliphatic carbocycles. The number of hydrogen-bond donors (Lipinski definition) is 2. The van der Waals surface area contributed by atoms with E-state index in [1.54, 1.807) is 0 Å². The third kappa shape index (κ3) is 3.19. The van der Waals surface area contributed by atoms with Crippen molar-refractivity contribution in [1.82, 2.24) is 10.2 Å². The van der Waals surface area contributed by atoms with E-state index >= 15 is 0 Å². The van der Waals surface area contributed by atoms with Crippen molar-refractivity contribution in [3.63, 3.8) is 0 Å². The molecule has 0 spiro atoms. The van der Waals surface area contributed by atoms with E-state index in [1.165, 1.54) is 12.8 Å². The molecule has 2 N–H and O–H groups in total. The highest BCUT2D eigenvalue weighted by Gasteiger charge is 2.31. The number of nitrogens with one attached hydrogen (secondary N) is 1. The van der Waals surface area contributed by atoms with Gasteiger partial charge in [0.2, 0.25) is 6.10 Å². The molecule has 2 aliphatic rings. The Balaban J connectivity index is 1.65. The van der Waals surface area contributed by atoms with Crippen LogP contribution in [0.4, 0.5) is 0 Å². The van der Waals surface area contributed by atoms with Gasteiger partial charge in [-0.1, -0.05) is 5.16 Å². The third-order valence-corrected chi connectivity index (χ3v) is 3.13. The van der Waals surface area contributed by atoms with Crippen molar-refractivity contribution in [2.45, 2.75) is 25.4 Å². The quantitative estimate of drug-likeness (QED) is 0.686. The Hall–Kier alpha value is -1.63. The Morgan fingerprint density at radius 2 is 2.17 bits per heavy atom. The van der Waals surface area contributed by atoms with Gasteiger partial charge in [-0.25, -0.2) is 4.79 Å². The minimum Gasteiger partial charge on any atom is -0.477 e. The monoisotopic (exact) mass is 255 g/mol. The largest absolute Gasteiger partial charge is 0.477 e. The van der Waals surface area contributed by atoms with Gasteiger partial charge in [-0.05, 0) is 25.9 Å². The molecule has 2 aliphatic heterocycles. The van der Waals surface area contributed by atoms with Crippen molar-refractivity contribution >= 4 is 17.6 Å². The molecule has 1 atom stereocenters. The number of carbonyl (C=O) groups excluding carboxylic acids is 1. The molecule has 0 aromatic heterocycles. The molecule has 7 heteroatoms. The van der Waals surface area contributed by atoms with Crippen LogP contribution in [-0.4, -0.2) is 59.9 Å². The van der Waals surface area contributed by atoms with Gasteiger partial charge in [0.1, 0.15) is 0 Å². The highest BCUT2D eigenvalue weighted by Crippen LogP contribution is 2.11. The predicted molar refractivity (Wildman–Crippen MR) is 63.2 cm³/mol. The standard InChI is InChI=1S/C11H17N3O4/c15-10(9-7-8(11(16)17)13-18-9)12-3-6-14-4-1-2-5-14/h9H,1-7H2,(H,12,15)(H,16,17). The second-order valence-corrected chi connectivity index (χ2v) is 4.48. The number of carboxylic acid groups (broad SMARTS) is 1. The lowest BCUT2D eigenvalue weighted by molar-refractivity contribution is -0.131. The first-order valence-electron chi connectivity index (χ1n) is 6.13. The van der Waals surface area contributed by atoms with E-state index in [1.807, 2.05) is 0 Å². The summed E-state index contributed by atoms with van der Waals surface area (Å²) < 4.78 is 0. The van der Waals surface area contributed by atoms with Gasteiger partial charge in [0.05, 0.1) is 0 Å². The van der Waals surface area contributed by atoms with Crippen LogP contribution in [-0.2, 0) is 14.4 Å². The lowest BCUT2D eigenvalue weighted by Crippen LogP contribution is -2.39. The van der Waals surface area contributed by atoms with E-state index in [-0.39, 0.29) is 18.0 Å². The van der Waals surface area contributed by atoms with Gasteiger partial charge in [0, 0.05) is 19.5 Å². The topological polar surface area (TPSA) is 91.2 Å². The summed E-state index contributed by atoms with van der Waals surface area (Å²) in [7, 11) is 0. The van der Waals surface area contributed by atoms with Crippen molar-refractivity contribution in [3.05, 3.63) is 0 Å². The Bertz CT molecular complexity index is 363. The maximum Gasteiger partial charge on any atom is 0.353 e. The highest BCUT2D eigenvalue weighted by atomic mass is 16.6. The summed E-state index contributed by atoms with van der Waals surface area (Å²) in [5.41, 5.74) is -0.102. The number of likely N-dealkylation sites (tertiary alicyclic amines) is 1.